The van der Waals surface area contributed by atoms with E-state index in [2.05, 4.69) is 0 Å². The van der Waals surface area contributed by atoms with Crippen LogP contribution in [0.1, 0.15) is 26.7 Å². The molecule has 1 aliphatic rings. The van der Waals surface area contributed by atoms with Crippen molar-refractivity contribution in [3.63, 3.8) is 0 Å². The largest absolute Gasteiger partial charge is 0.463 e. The van der Waals surface area contributed by atoms with E-state index in [0.29, 0.717) is 13.0 Å². The topological polar surface area (TPSA) is 71.1 Å². The second kappa shape index (κ2) is 10.0. The van der Waals surface area contributed by atoms with E-state index in [9.17, 15) is 9.59 Å². The predicted molar refractivity (Wildman–Crippen MR) is 80.7 cm³/mol. The van der Waals surface area contributed by atoms with Gasteiger partial charge in [0.15, 0.2) is 6.29 Å². The van der Waals surface area contributed by atoms with Crippen molar-refractivity contribution < 1.29 is 28.5 Å². The molecule has 0 amide bonds. The van der Waals surface area contributed by atoms with Crippen LogP contribution in [0.25, 0.3) is 0 Å². The maximum absolute atomic E-state index is 11.6. The predicted octanol–water partition coefficient (Wildman–Crippen LogP) is 2.36. The summed E-state index contributed by atoms with van der Waals surface area (Å²) in [6.07, 6.45) is 2.60. The van der Waals surface area contributed by atoms with Crippen molar-refractivity contribution >= 4 is 35.1 Å². The first-order valence-electron chi connectivity index (χ1n) is 6.97. The maximum atomic E-state index is 11.6. The lowest BCUT2D eigenvalue weighted by Gasteiger charge is -2.21. The third-order valence-electron chi connectivity index (χ3n) is 2.71. The Labute approximate surface area is 139 Å². The van der Waals surface area contributed by atoms with Crippen LogP contribution >= 0.6 is 23.2 Å². The van der Waals surface area contributed by atoms with Crippen molar-refractivity contribution in [3.05, 3.63) is 12.2 Å². The summed E-state index contributed by atoms with van der Waals surface area (Å²) in [5.74, 6) is -0.861. The van der Waals surface area contributed by atoms with Crippen LogP contribution in [0.15, 0.2) is 12.2 Å². The minimum absolute atomic E-state index is 0.0725. The molecule has 8 heteroatoms. The van der Waals surface area contributed by atoms with Crippen LogP contribution in [0.4, 0.5) is 0 Å². The minimum atomic E-state index is -0.766. The summed E-state index contributed by atoms with van der Waals surface area (Å²) < 4.78 is 21.0. The molecule has 1 aliphatic carbocycles. The smallest absolute Gasteiger partial charge is 0.311 e. The van der Waals surface area contributed by atoms with Crippen LogP contribution in [0.5, 0.6) is 0 Å². The SMILES string of the molecule is CCOC(CC(=O)OCC(Cl)Cl)O[C@H]1C=C[C@@H](OC(C)=O)C1. The number of hydrogen-bond donors (Lipinski definition) is 0. The summed E-state index contributed by atoms with van der Waals surface area (Å²) in [5, 5.41) is 0. The quantitative estimate of drug-likeness (QED) is 0.274. The monoisotopic (exact) mass is 354 g/mol. The van der Waals surface area contributed by atoms with E-state index in [-0.39, 0.29) is 31.2 Å². The first kappa shape index (κ1) is 19.2. The van der Waals surface area contributed by atoms with Crippen molar-refractivity contribution in [1.82, 2.24) is 0 Å². The van der Waals surface area contributed by atoms with Gasteiger partial charge in [0.2, 0.25) is 0 Å². The Morgan fingerprint density at radius 1 is 1.27 bits per heavy atom. The van der Waals surface area contributed by atoms with Crippen molar-refractivity contribution in [2.24, 2.45) is 0 Å². The van der Waals surface area contributed by atoms with Crippen molar-refractivity contribution in [1.29, 1.82) is 0 Å². The van der Waals surface area contributed by atoms with Gasteiger partial charge in [-0.2, -0.15) is 0 Å². The van der Waals surface area contributed by atoms with Gasteiger partial charge in [-0.25, -0.2) is 0 Å². The molecule has 6 nitrogen and oxygen atoms in total. The standard InChI is InChI=1S/C14H20Cl2O6/c1-3-19-14(7-13(18)20-8-12(15)16)22-11-5-4-10(6-11)21-9(2)17/h4-5,10-12,14H,3,6-8H2,1-2H3/t10-,11+,14?/m1/s1. The van der Waals surface area contributed by atoms with E-state index < -0.39 is 17.1 Å². The maximum Gasteiger partial charge on any atom is 0.311 e. The second-order valence-corrected chi connectivity index (χ2v) is 5.88. The van der Waals surface area contributed by atoms with Gasteiger partial charge in [-0.05, 0) is 13.0 Å². The summed E-state index contributed by atoms with van der Waals surface area (Å²) in [5.41, 5.74) is 0. The molecule has 0 aromatic carbocycles. The van der Waals surface area contributed by atoms with Crippen LogP contribution in [0.2, 0.25) is 0 Å². The lowest BCUT2D eigenvalue weighted by Crippen LogP contribution is -2.28. The zero-order chi connectivity index (χ0) is 16.5. The number of carbonyl (C=O) groups is 2. The van der Waals surface area contributed by atoms with E-state index >= 15 is 0 Å². The molecule has 0 heterocycles. The average molecular weight is 355 g/mol. The third-order valence-corrected chi connectivity index (χ3v) is 2.96. The van der Waals surface area contributed by atoms with Gasteiger partial charge in [0, 0.05) is 20.0 Å². The minimum Gasteiger partial charge on any atom is -0.463 e. The molecular weight excluding hydrogens is 335 g/mol. The van der Waals surface area contributed by atoms with Gasteiger partial charge in [0.1, 0.15) is 17.5 Å². The van der Waals surface area contributed by atoms with Crippen LogP contribution in [0, 0.1) is 0 Å². The Kier molecular flexibility index (Phi) is 8.78. The number of rotatable bonds is 9. The molecule has 1 rings (SSSR count). The summed E-state index contributed by atoms with van der Waals surface area (Å²) in [7, 11) is 0. The molecule has 126 valence electrons. The highest BCUT2D eigenvalue weighted by atomic mass is 35.5. The van der Waals surface area contributed by atoms with E-state index in [1.165, 1.54) is 6.92 Å². The van der Waals surface area contributed by atoms with Gasteiger partial charge in [-0.15, -0.1) is 23.2 Å². The molecule has 1 unspecified atom stereocenters. The molecule has 0 N–H and O–H groups in total. The van der Waals surface area contributed by atoms with Crippen molar-refractivity contribution in [3.8, 4) is 0 Å². The molecule has 0 aromatic rings. The highest BCUT2D eigenvalue weighted by Crippen LogP contribution is 2.20. The molecule has 0 aliphatic heterocycles. The molecule has 0 bridgehead atoms. The Morgan fingerprint density at radius 3 is 2.55 bits per heavy atom. The highest BCUT2D eigenvalue weighted by Gasteiger charge is 2.26. The Bertz CT molecular complexity index is 399. The van der Waals surface area contributed by atoms with Crippen LogP contribution < -0.4 is 0 Å². The van der Waals surface area contributed by atoms with Gasteiger partial charge >= 0.3 is 11.9 Å². The summed E-state index contributed by atoms with van der Waals surface area (Å²) >= 11 is 11.0. The first-order valence-corrected chi connectivity index (χ1v) is 7.84. The number of esters is 2. The molecule has 22 heavy (non-hydrogen) atoms. The molecule has 0 radical (unpaired) electrons. The number of halogens is 2. The molecule has 0 aromatic heterocycles. The Hall–Kier alpha value is -0.820. The zero-order valence-electron chi connectivity index (χ0n) is 12.5. The van der Waals surface area contributed by atoms with Crippen molar-refractivity contribution in [2.75, 3.05) is 13.2 Å². The molecular formula is C14H20Cl2O6. The summed E-state index contributed by atoms with van der Waals surface area (Å²) in [6, 6.07) is 0. The van der Waals surface area contributed by atoms with Gasteiger partial charge in [-0.3, -0.25) is 9.59 Å². The zero-order valence-corrected chi connectivity index (χ0v) is 14.0. The fraction of sp³-hybridized carbons (Fsp3) is 0.714. The third kappa shape index (κ3) is 7.98. The van der Waals surface area contributed by atoms with Crippen LogP contribution in [-0.4, -0.2) is 48.5 Å². The number of alkyl halides is 2. The van der Waals surface area contributed by atoms with Gasteiger partial charge in [0.05, 0.1) is 12.5 Å². The Balaban J connectivity index is 2.39. The fourth-order valence-electron chi connectivity index (χ4n) is 1.91. The van der Waals surface area contributed by atoms with Crippen LogP contribution in [-0.2, 0) is 28.5 Å². The van der Waals surface area contributed by atoms with Gasteiger partial charge < -0.3 is 18.9 Å². The second-order valence-electron chi connectivity index (χ2n) is 4.61. The molecule has 3 atom stereocenters. The van der Waals surface area contributed by atoms with E-state index in [0.717, 1.165) is 0 Å². The van der Waals surface area contributed by atoms with Crippen molar-refractivity contribution in [2.45, 2.75) is 50.0 Å². The normalized spacial score (nSPS) is 21.9. The number of carbonyl (C=O) groups excluding carboxylic acids is 2. The first-order chi connectivity index (χ1) is 10.4. The lowest BCUT2D eigenvalue weighted by atomic mass is 10.2. The Morgan fingerprint density at radius 2 is 1.95 bits per heavy atom. The summed E-state index contributed by atoms with van der Waals surface area (Å²) in [6.45, 7) is 3.44. The molecule has 0 saturated carbocycles. The average Bonchev–Trinajstić information content (AvgIpc) is 2.83. The summed E-state index contributed by atoms with van der Waals surface area (Å²) in [4.78, 5) is 21.8. The number of ether oxygens (including phenoxy) is 4. The highest BCUT2D eigenvalue weighted by molar-refractivity contribution is 6.44. The molecule has 0 fully saturated rings. The van der Waals surface area contributed by atoms with Crippen LogP contribution in [0.3, 0.4) is 0 Å². The van der Waals surface area contributed by atoms with Gasteiger partial charge in [0.25, 0.3) is 0 Å². The number of hydrogen-bond acceptors (Lipinski definition) is 6. The molecule has 0 spiro atoms. The van der Waals surface area contributed by atoms with E-state index in [4.69, 9.17) is 42.1 Å². The molecule has 0 saturated heterocycles. The van der Waals surface area contributed by atoms with Gasteiger partial charge in [-0.1, -0.05) is 6.08 Å². The lowest BCUT2D eigenvalue weighted by molar-refractivity contribution is -0.179. The van der Waals surface area contributed by atoms with E-state index in [1.54, 1.807) is 19.1 Å². The van der Waals surface area contributed by atoms with E-state index in [1.807, 2.05) is 0 Å². The fourth-order valence-corrected chi connectivity index (χ4v) is 2.04.